The van der Waals surface area contributed by atoms with Crippen molar-refractivity contribution >= 4 is 5.97 Å². The minimum absolute atomic E-state index is 0.416. The molecule has 2 aromatic heterocycles. The highest BCUT2D eigenvalue weighted by molar-refractivity contribution is 5.90. The van der Waals surface area contributed by atoms with Crippen molar-refractivity contribution in [2.24, 2.45) is 0 Å². The van der Waals surface area contributed by atoms with Gasteiger partial charge in [-0.25, -0.2) is 4.79 Å². The van der Waals surface area contributed by atoms with E-state index >= 15 is 0 Å². The Kier molecular flexibility index (Phi) is 2.27. The fourth-order valence-electron chi connectivity index (χ4n) is 1.02. The lowest BCUT2D eigenvalue weighted by molar-refractivity contribution is 0.0728. The summed E-state index contributed by atoms with van der Waals surface area (Å²) in [7, 11) is 0. The molecule has 0 saturated heterocycles. The third-order valence-electron chi connectivity index (χ3n) is 1.67. The van der Waals surface area contributed by atoms with Crippen LogP contribution in [0.1, 0.15) is 10.4 Å². The smallest absolute Gasteiger partial charge is 0.346 e. The summed E-state index contributed by atoms with van der Waals surface area (Å²) in [5.41, 5.74) is 0.433. The third-order valence-corrected chi connectivity index (χ3v) is 1.67. The molecule has 0 aliphatic carbocycles. The van der Waals surface area contributed by atoms with Crippen molar-refractivity contribution in [3.8, 4) is 5.88 Å². The van der Waals surface area contributed by atoms with Crippen LogP contribution in [-0.2, 0) is 0 Å². The van der Waals surface area contributed by atoms with Crippen LogP contribution in [0, 0.1) is 0 Å². The Bertz CT molecular complexity index is 409. The monoisotopic (exact) mass is 188 g/mol. The lowest BCUT2D eigenvalue weighted by Gasteiger charge is -1.99. The number of hydrogen-bond acceptors (Lipinski definition) is 3. The van der Waals surface area contributed by atoms with Crippen molar-refractivity contribution < 1.29 is 9.53 Å². The number of aromatic amines is 1. The molecular formula is C10H8N2O2. The van der Waals surface area contributed by atoms with Gasteiger partial charge in [-0.1, -0.05) is 0 Å². The Balaban J connectivity index is 2.11. The van der Waals surface area contributed by atoms with E-state index in [1.54, 1.807) is 36.7 Å². The third kappa shape index (κ3) is 1.80. The van der Waals surface area contributed by atoms with Gasteiger partial charge in [-0.15, -0.1) is 0 Å². The topological polar surface area (TPSA) is 55.0 Å². The Hall–Kier alpha value is -2.10. The standard InChI is InChI=1S/C10H8N2O2/c13-10(8-3-1-5-11-7-8)14-9-4-2-6-12-9/h1-7,12H. The number of aromatic nitrogens is 2. The molecule has 0 aliphatic rings. The van der Waals surface area contributed by atoms with Gasteiger partial charge in [0.05, 0.1) is 5.56 Å². The summed E-state index contributed by atoms with van der Waals surface area (Å²) >= 11 is 0. The van der Waals surface area contributed by atoms with Crippen LogP contribution in [0.5, 0.6) is 5.88 Å². The Morgan fingerprint density at radius 2 is 2.29 bits per heavy atom. The zero-order valence-electron chi connectivity index (χ0n) is 7.31. The molecule has 14 heavy (non-hydrogen) atoms. The van der Waals surface area contributed by atoms with Gasteiger partial charge in [0, 0.05) is 24.7 Å². The van der Waals surface area contributed by atoms with Gasteiger partial charge in [0.15, 0.2) is 0 Å². The highest BCUT2D eigenvalue weighted by atomic mass is 16.5. The van der Waals surface area contributed by atoms with Crippen molar-refractivity contribution in [1.29, 1.82) is 0 Å². The molecule has 0 radical (unpaired) electrons. The van der Waals surface area contributed by atoms with Gasteiger partial charge in [0.25, 0.3) is 0 Å². The number of H-pyrrole nitrogens is 1. The van der Waals surface area contributed by atoms with Gasteiger partial charge < -0.3 is 9.72 Å². The maximum Gasteiger partial charge on any atom is 0.346 e. The number of esters is 1. The molecule has 1 N–H and O–H groups in total. The van der Waals surface area contributed by atoms with Crippen molar-refractivity contribution in [3.05, 3.63) is 48.4 Å². The molecule has 0 aromatic carbocycles. The van der Waals surface area contributed by atoms with E-state index in [2.05, 4.69) is 9.97 Å². The quantitative estimate of drug-likeness (QED) is 0.728. The van der Waals surface area contributed by atoms with E-state index in [-0.39, 0.29) is 0 Å². The predicted octanol–water partition coefficient (Wildman–Crippen LogP) is 1.63. The fraction of sp³-hybridized carbons (Fsp3) is 0. The maximum absolute atomic E-state index is 11.4. The molecule has 0 unspecified atom stereocenters. The Morgan fingerprint density at radius 3 is 2.93 bits per heavy atom. The van der Waals surface area contributed by atoms with Crippen LogP contribution < -0.4 is 4.74 Å². The van der Waals surface area contributed by atoms with Gasteiger partial charge in [-0.2, -0.15) is 0 Å². The normalized spacial score (nSPS) is 9.71. The SMILES string of the molecule is O=C(Oc1ccc[nH]1)c1cccnc1. The summed E-state index contributed by atoms with van der Waals surface area (Å²) in [6.07, 6.45) is 4.75. The number of ether oxygens (including phenoxy) is 1. The number of rotatable bonds is 2. The Morgan fingerprint density at radius 1 is 1.36 bits per heavy atom. The number of carbonyl (C=O) groups excluding carboxylic acids is 1. The number of hydrogen-bond donors (Lipinski definition) is 1. The molecule has 4 heteroatoms. The number of nitrogens with one attached hydrogen (secondary N) is 1. The summed E-state index contributed by atoms with van der Waals surface area (Å²) in [4.78, 5) is 18.0. The summed E-state index contributed by atoms with van der Waals surface area (Å²) in [6.45, 7) is 0. The number of carbonyl (C=O) groups is 1. The number of pyridine rings is 1. The first-order valence-electron chi connectivity index (χ1n) is 4.12. The first-order chi connectivity index (χ1) is 6.86. The van der Waals surface area contributed by atoms with E-state index in [1.807, 2.05) is 0 Å². The van der Waals surface area contributed by atoms with Gasteiger partial charge in [0.2, 0.25) is 5.88 Å². The molecule has 2 rings (SSSR count). The van der Waals surface area contributed by atoms with E-state index < -0.39 is 5.97 Å². The average Bonchev–Trinajstić information content (AvgIpc) is 2.72. The van der Waals surface area contributed by atoms with Crippen LogP contribution in [0.3, 0.4) is 0 Å². The maximum atomic E-state index is 11.4. The molecule has 2 heterocycles. The highest BCUT2D eigenvalue weighted by Crippen LogP contribution is 2.07. The van der Waals surface area contributed by atoms with E-state index in [9.17, 15) is 4.79 Å². The van der Waals surface area contributed by atoms with Crippen LogP contribution in [0.15, 0.2) is 42.9 Å². The van der Waals surface area contributed by atoms with Crippen molar-refractivity contribution in [3.63, 3.8) is 0 Å². The van der Waals surface area contributed by atoms with Crippen LogP contribution in [0.4, 0.5) is 0 Å². The van der Waals surface area contributed by atoms with E-state index in [4.69, 9.17) is 4.74 Å². The van der Waals surface area contributed by atoms with Crippen molar-refractivity contribution in [2.45, 2.75) is 0 Å². The van der Waals surface area contributed by atoms with Crippen molar-refractivity contribution in [2.75, 3.05) is 0 Å². The predicted molar refractivity (Wildman–Crippen MR) is 50.0 cm³/mol. The second-order valence-electron chi connectivity index (χ2n) is 2.67. The highest BCUT2D eigenvalue weighted by Gasteiger charge is 2.07. The minimum Gasteiger partial charge on any atom is -0.406 e. The van der Waals surface area contributed by atoms with Gasteiger partial charge >= 0.3 is 5.97 Å². The van der Waals surface area contributed by atoms with Gasteiger partial charge in [-0.05, 0) is 18.2 Å². The van der Waals surface area contributed by atoms with Gasteiger partial charge in [-0.3, -0.25) is 4.98 Å². The fourth-order valence-corrected chi connectivity index (χ4v) is 1.02. The molecule has 0 amide bonds. The summed E-state index contributed by atoms with van der Waals surface area (Å²) < 4.78 is 5.01. The van der Waals surface area contributed by atoms with Crippen LogP contribution in [0.2, 0.25) is 0 Å². The molecule has 0 bridgehead atoms. The zero-order valence-corrected chi connectivity index (χ0v) is 7.31. The lowest BCUT2D eigenvalue weighted by Crippen LogP contribution is -2.08. The average molecular weight is 188 g/mol. The lowest BCUT2D eigenvalue weighted by atomic mass is 10.3. The summed E-state index contributed by atoms with van der Waals surface area (Å²) in [5.74, 6) is 0.0133. The Labute approximate surface area is 80.6 Å². The largest absolute Gasteiger partial charge is 0.406 e. The summed E-state index contributed by atoms with van der Waals surface area (Å²) in [5, 5.41) is 0. The molecule has 70 valence electrons. The molecular weight excluding hydrogens is 180 g/mol. The van der Waals surface area contributed by atoms with Crippen LogP contribution >= 0.6 is 0 Å². The molecule has 0 atom stereocenters. The zero-order chi connectivity index (χ0) is 9.80. The molecule has 0 aliphatic heterocycles. The minimum atomic E-state index is -0.416. The van der Waals surface area contributed by atoms with Crippen molar-refractivity contribution in [1.82, 2.24) is 9.97 Å². The van der Waals surface area contributed by atoms with E-state index in [0.29, 0.717) is 11.4 Å². The van der Waals surface area contributed by atoms with Crippen LogP contribution in [-0.4, -0.2) is 15.9 Å². The van der Waals surface area contributed by atoms with Gasteiger partial charge in [0.1, 0.15) is 0 Å². The molecule has 4 nitrogen and oxygen atoms in total. The first kappa shape index (κ1) is 8.50. The van der Waals surface area contributed by atoms with E-state index in [0.717, 1.165) is 0 Å². The van der Waals surface area contributed by atoms with E-state index in [1.165, 1.54) is 6.20 Å². The molecule has 0 spiro atoms. The number of nitrogens with zero attached hydrogens (tertiary/aromatic N) is 1. The summed E-state index contributed by atoms with van der Waals surface area (Å²) in [6, 6.07) is 6.77. The first-order valence-corrected chi connectivity index (χ1v) is 4.12. The second kappa shape index (κ2) is 3.74. The van der Waals surface area contributed by atoms with Crippen LogP contribution in [0.25, 0.3) is 0 Å². The molecule has 2 aromatic rings. The second-order valence-corrected chi connectivity index (χ2v) is 2.67. The molecule has 0 fully saturated rings. The molecule has 0 saturated carbocycles.